The molecule has 0 radical (unpaired) electrons. The molecule has 72 valence electrons. The van der Waals surface area contributed by atoms with E-state index in [-0.39, 0.29) is 5.75 Å². The molecule has 0 amide bonds. The number of thiophene rings is 1. The quantitative estimate of drug-likeness (QED) is 0.540. The van der Waals surface area contributed by atoms with Gasteiger partial charge in [0.25, 0.3) is 0 Å². The number of fused-ring (bicyclic) bond motifs is 1. The fourth-order valence-corrected chi connectivity index (χ4v) is 2.99. The van der Waals surface area contributed by atoms with Crippen LogP contribution in [0.4, 0.5) is 0 Å². The average molecular weight is 320 g/mol. The van der Waals surface area contributed by atoms with E-state index in [2.05, 4.69) is 0 Å². The van der Waals surface area contributed by atoms with Gasteiger partial charge in [-0.1, -0.05) is 0 Å². The Labute approximate surface area is 98.3 Å². The smallest absolute Gasteiger partial charge is 0.499 e. The molecule has 0 saturated carbocycles. The van der Waals surface area contributed by atoms with Crippen molar-refractivity contribution in [3.8, 4) is 5.75 Å². The summed E-state index contributed by atoms with van der Waals surface area (Å²) in [5, 5.41) is 28.3. The number of benzene rings is 1. The molecule has 1 heterocycles. The summed E-state index contributed by atoms with van der Waals surface area (Å²) in [6, 6.07) is 5.08. The summed E-state index contributed by atoms with van der Waals surface area (Å²) >= 11 is 3.32. The molecule has 0 saturated heterocycles. The Kier molecular flexibility index (Phi) is 2.69. The Bertz CT molecular complexity index is 483. The van der Waals surface area contributed by atoms with E-state index in [0.717, 1.165) is 13.7 Å². The molecule has 0 spiro atoms. The maximum atomic E-state index is 9.44. The molecule has 14 heavy (non-hydrogen) atoms. The third-order valence-corrected chi connectivity index (χ3v) is 4.55. The zero-order chi connectivity index (χ0) is 10.3. The van der Waals surface area contributed by atoms with Crippen LogP contribution >= 0.6 is 33.9 Å². The Balaban J connectivity index is 2.71. The van der Waals surface area contributed by atoms with Gasteiger partial charge in [-0.25, -0.2) is 0 Å². The summed E-state index contributed by atoms with van der Waals surface area (Å²) < 4.78 is 2.12. The van der Waals surface area contributed by atoms with Gasteiger partial charge < -0.3 is 15.2 Å². The topological polar surface area (TPSA) is 60.7 Å². The molecule has 0 atom stereocenters. The van der Waals surface area contributed by atoms with Crippen LogP contribution in [0.5, 0.6) is 5.75 Å². The van der Waals surface area contributed by atoms with Crippen molar-refractivity contribution in [2.45, 2.75) is 0 Å². The van der Waals surface area contributed by atoms with Crippen molar-refractivity contribution in [1.29, 1.82) is 0 Å². The highest BCUT2D eigenvalue weighted by Gasteiger charge is 2.16. The van der Waals surface area contributed by atoms with Gasteiger partial charge in [0.1, 0.15) is 5.75 Å². The van der Waals surface area contributed by atoms with Crippen molar-refractivity contribution in [1.82, 2.24) is 0 Å². The number of halogens is 1. The van der Waals surface area contributed by atoms with Gasteiger partial charge in [-0.3, -0.25) is 0 Å². The van der Waals surface area contributed by atoms with E-state index in [4.69, 9.17) is 10.0 Å². The molecule has 0 aliphatic heterocycles. The summed E-state index contributed by atoms with van der Waals surface area (Å²) in [7, 11) is -1.44. The van der Waals surface area contributed by atoms with Crippen molar-refractivity contribution in [2.75, 3.05) is 0 Å². The molecule has 6 heteroatoms. The number of phenolic OH excluding ortho intramolecular Hbond substituents is 1. The third kappa shape index (κ3) is 1.62. The maximum absolute atomic E-state index is 9.44. The minimum absolute atomic E-state index is 0.221. The van der Waals surface area contributed by atoms with Crippen LogP contribution in [0.25, 0.3) is 10.1 Å². The zero-order valence-electron chi connectivity index (χ0n) is 6.94. The van der Waals surface area contributed by atoms with Crippen LogP contribution in [0.15, 0.2) is 18.2 Å². The van der Waals surface area contributed by atoms with Crippen LogP contribution in [0.3, 0.4) is 0 Å². The molecule has 2 rings (SSSR count). The molecule has 2 aromatic rings. The molecule has 3 N–H and O–H groups in total. The molecule has 1 aromatic carbocycles. The highest BCUT2D eigenvalue weighted by atomic mass is 127. The lowest BCUT2D eigenvalue weighted by Crippen LogP contribution is -2.26. The van der Waals surface area contributed by atoms with Gasteiger partial charge in [-0.2, -0.15) is 0 Å². The molecule has 0 unspecified atom stereocenters. The van der Waals surface area contributed by atoms with Gasteiger partial charge in [0, 0.05) is 4.78 Å². The molecule has 0 fully saturated rings. The first kappa shape index (κ1) is 10.2. The summed E-state index contributed by atoms with van der Waals surface area (Å²) in [6.07, 6.45) is 0. The first-order chi connectivity index (χ1) is 6.59. The lowest BCUT2D eigenvalue weighted by Gasteiger charge is -1.96. The minimum atomic E-state index is -1.44. The summed E-state index contributed by atoms with van der Waals surface area (Å²) in [5.74, 6) is 0.221. The monoisotopic (exact) mass is 320 g/mol. The first-order valence-corrected chi connectivity index (χ1v) is 5.76. The van der Waals surface area contributed by atoms with Gasteiger partial charge >= 0.3 is 7.12 Å². The lowest BCUT2D eigenvalue weighted by atomic mass is 9.89. The van der Waals surface area contributed by atoms with E-state index in [9.17, 15) is 5.11 Å². The third-order valence-electron chi connectivity index (χ3n) is 1.88. The fraction of sp³-hybridized carbons (Fsp3) is 0. The maximum Gasteiger partial charge on any atom is 0.499 e. The van der Waals surface area contributed by atoms with E-state index in [1.165, 1.54) is 11.3 Å². The summed E-state index contributed by atoms with van der Waals surface area (Å²) in [6.45, 7) is 0. The Hall–Kier alpha value is -0.305. The van der Waals surface area contributed by atoms with Gasteiger partial charge in [0.15, 0.2) is 0 Å². The predicted molar refractivity (Wildman–Crippen MR) is 66.0 cm³/mol. The second-order valence-electron chi connectivity index (χ2n) is 2.84. The Morgan fingerprint density at radius 3 is 2.64 bits per heavy atom. The van der Waals surface area contributed by atoms with E-state index in [1.54, 1.807) is 18.2 Å². The lowest BCUT2D eigenvalue weighted by molar-refractivity contribution is 0.427. The minimum Gasteiger partial charge on any atom is -0.507 e. The van der Waals surface area contributed by atoms with Crippen LogP contribution in [-0.2, 0) is 0 Å². The SMILES string of the molecule is OB(O)c1cc2ccc(O)c(I)c2s1. The molecule has 0 aliphatic rings. The molecule has 1 aromatic heterocycles. The van der Waals surface area contributed by atoms with E-state index < -0.39 is 7.12 Å². The van der Waals surface area contributed by atoms with E-state index >= 15 is 0 Å². The summed E-state index contributed by atoms with van der Waals surface area (Å²) in [5.41, 5.74) is 0. The number of aromatic hydroxyl groups is 1. The summed E-state index contributed by atoms with van der Waals surface area (Å²) in [4.78, 5) is 0. The molecule has 0 bridgehead atoms. The normalized spacial score (nSPS) is 10.8. The second kappa shape index (κ2) is 3.69. The predicted octanol–water partition coefficient (Wildman–Crippen LogP) is 0.891. The molecular weight excluding hydrogens is 314 g/mol. The van der Waals surface area contributed by atoms with Crippen molar-refractivity contribution >= 4 is 55.9 Å². The standard InChI is InChI=1S/C8H6BIO3S/c10-7-5(11)2-1-4-3-6(9(12)13)14-8(4)7/h1-3,11-13H. The van der Waals surface area contributed by atoms with Gasteiger partial charge in [0.05, 0.1) is 8.27 Å². The molecule has 0 aliphatic carbocycles. The molecule has 3 nitrogen and oxygen atoms in total. The van der Waals surface area contributed by atoms with Crippen LogP contribution in [0, 0.1) is 3.57 Å². The van der Waals surface area contributed by atoms with Gasteiger partial charge in [-0.15, -0.1) is 11.3 Å². The average Bonchev–Trinajstić information content (AvgIpc) is 2.56. The Morgan fingerprint density at radius 2 is 2.00 bits per heavy atom. The highest BCUT2D eigenvalue weighted by molar-refractivity contribution is 14.1. The largest absolute Gasteiger partial charge is 0.507 e. The highest BCUT2D eigenvalue weighted by Crippen LogP contribution is 2.31. The van der Waals surface area contributed by atoms with Crippen molar-refractivity contribution in [3.05, 3.63) is 21.8 Å². The number of rotatable bonds is 1. The van der Waals surface area contributed by atoms with Crippen LogP contribution < -0.4 is 4.78 Å². The van der Waals surface area contributed by atoms with Crippen LogP contribution in [0.1, 0.15) is 0 Å². The zero-order valence-corrected chi connectivity index (χ0v) is 9.91. The van der Waals surface area contributed by atoms with Crippen molar-refractivity contribution < 1.29 is 15.2 Å². The van der Waals surface area contributed by atoms with Gasteiger partial charge in [-0.05, 0) is 46.2 Å². The fourth-order valence-electron chi connectivity index (χ4n) is 1.21. The van der Waals surface area contributed by atoms with Crippen LogP contribution in [0.2, 0.25) is 0 Å². The Morgan fingerprint density at radius 1 is 1.29 bits per heavy atom. The second-order valence-corrected chi connectivity index (χ2v) is 5.00. The van der Waals surface area contributed by atoms with E-state index in [1.807, 2.05) is 22.6 Å². The first-order valence-electron chi connectivity index (χ1n) is 3.86. The number of hydrogen-bond acceptors (Lipinski definition) is 4. The van der Waals surface area contributed by atoms with Gasteiger partial charge in [0.2, 0.25) is 0 Å². The number of phenols is 1. The number of hydrogen-bond donors (Lipinski definition) is 3. The van der Waals surface area contributed by atoms with E-state index in [0.29, 0.717) is 4.78 Å². The van der Waals surface area contributed by atoms with Crippen LogP contribution in [-0.4, -0.2) is 22.3 Å². The van der Waals surface area contributed by atoms with Crippen molar-refractivity contribution in [2.24, 2.45) is 0 Å². The molecular formula is C8H6BIO3S. The van der Waals surface area contributed by atoms with Crippen molar-refractivity contribution in [3.63, 3.8) is 0 Å².